The van der Waals surface area contributed by atoms with Crippen molar-refractivity contribution < 1.29 is 5.11 Å². The first-order chi connectivity index (χ1) is 8.24. The van der Waals surface area contributed by atoms with Crippen LogP contribution in [-0.2, 0) is 0 Å². The highest BCUT2D eigenvalue weighted by Crippen LogP contribution is 2.59. The van der Waals surface area contributed by atoms with Crippen molar-refractivity contribution in [2.24, 2.45) is 29.6 Å². The molecule has 0 radical (unpaired) electrons. The van der Waals surface area contributed by atoms with Gasteiger partial charge in [-0.2, -0.15) is 0 Å². The summed E-state index contributed by atoms with van der Waals surface area (Å²) in [7, 11) is 0. The molecule has 17 heavy (non-hydrogen) atoms. The predicted octanol–water partition coefficient (Wildman–Crippen LogP) is 3.31. The van der Waals surface area contributed by atoms with Gasteiger partial charge in [-0.3, -0.25) is 0 Å². The van der Waals surface area contributed by atoms with Gasteiger partial charge in [-0.05, 0) is 68.1 Å². The van der Waals surface area contributed by atoms with Gasteiger partial charge in [0.1, 0.15) is 0 Å². The van der Waals surface area contributed by atoms with E-state index in [-0.39, 0.29) is 0 Å². The zero-order chi connectivity index (χ0) is 11.5. The van der Waals surface area contributed by atoms with E-state index in [0.29, 0.717) is 5.92 Å². The zero-order valence-corrected chi connectivity index (χ0v) is 10.4. The standard InChI is InChI=1S/C16H22O/c17-16(4-2-1-3-5-16)15-13-7-11-6-12(9-13)10-14(15)8-11/h1-4,11-15,17H,5-10H2. The molecule has 0 aliphatic heterocycles. The molecule has 4 saturated carbocycles. The Kier molecular flexibility index (Phi) is 2.12. The van der Waals surface area contributed by atoms with E-state index < -0.39 is 5.60 Å². The Hall–Kier alpha value is -0.560. The molecule has 0 saturated heterocycles. The van der Waals surface area contributed by atoms with E-state index in [1.165, 1.54) is 32.1 Å². The lowest BCUT2D eigenvalue weighted by molar-refractivity contribution is -0.120. The van der Waals surface area contributed by atoms with Gasteiger partial charge in [0, 0.05) is 0 Å². The molecule has 0 aromatic heterocycles. The van der Waals surface area contributed by atoms with Gasteiger partial charge in [0.15, 0.2) is 0 Å². The van der Waals surface area contributed by atoms with Gasteiger partial charge in [0.25, 0.3) is 0 Å². The number of rotatable bonds is 1. The van der Waals surface area contributed by atoms with Crippen molar-refractivity contribution in [1.82, 2.24) is 0 Å². The fourth-order valence-corrected chi connectivity index (χ4v) is 5.61. The van der Waals surface area contributed by atoms with Gasteiger partial charge in [-0.25, -0.2) is 0 Å². The third-order valence-corrected chi connectivity index (χ3v) is 5.88. The van der Waals surface area contributed by atoms with Crippen LogP contribution in [0.15, 0.2) is 24.3 Å². The first kappa shape index (κ1) is 10.4. The first-order valence-electron chi connectivity index (χ1n) is 7.31. The van der Waals surface area contributed by atoms with Gasteiger partial charge in [-0.15, -0.1) is 0 Å². The summed E-state index contributed by atoms with van der Waals surface area (Å²) >= 11 is 0. The molecule has 0 spiro atoms. The largest absolute Gasteiger partial charge is 0.385 e. The molecule has 0 amide bonds. The minimum Gasteiger partial charge on any atom is -0.385 e. The van der Waals surface area contributed by atoms with Crippen LogP contribution in [0, 0.1) is 29.6 Å². The molecule has 92 valence electrons. The molecule has 5 aliphatic rings. The van der Waals surface area contributed by atoms with Crippen molar-refractivity contribution in [2.75, 3.05) is 0 Å². The van der Waals surface area contributed by atoms with Crippen LogP contribution >= 0.6 is 0 Å². The lowest BCUT2D eigenvalue weighted by atomic mass is 9.48. The van der Waals surface area contributed by atoms with Gasteiger partial charge >= 0.3 is 0 Å². The number of hydrogen-bond acceptors (Lipinski definition) is 1. The maximum absolute atomic E-state index is 11.0. The van der Waals surface area contributed by atoms with Crippen molar-refractivity contribution in [3.63, 3.8) is 0 Å². The van der Waals surface area contributed by atoms with Crippen molar-refractivity contribution >= 4 is 0 Å². The second-order valence-corrected chi connectivity index (χ2v) is 6.94. The van der Waals surface area contributed by atoms with E-state index in [4.69, 9.17) is 0 Å². The van der Waals surface area contributed by atoms with Gasteiger partial charge in [-0.1, -0.05) is 24.3 Å². The molecule has 5 rings (SSSR count). The van der Waals surface area contributed by atoms with Crippen LogP contribution in [0.1, 0.15) is 38.5 Å². The van der Waals surface area contributed by atoms with Crippen LogP contribution < -0.4 is 0 Å². The summed E-state index contributed by atoms with van der Waals surface area (Å²) in [5.74, 6) is 4.18. The fourth-order valence-electron chi connectivity index (χ4n) is 5.61. The normalized spacial score (nSPS) is 55.5. The molecule has 4 bridgehead atoms. The smallest absolute Gasteiger partial charge is 0.0898 e. The molecule has 1 N–H and O–H groups in total. The van der Waals surface area contributed by atoms with Gasteiger partial charge in [0.2, 0.25) is 0 Å². The Balaban J connectivity index is 1.66. The van der Waals surface area contributed by atoms with Gasteiger partial charge in [0.05, 0.1) is 5.60 Å². The fraction of sp³-hybridized carbons (Fsp3) is 0.750. The summed E-state index contributed by atoms with van der Waals surface area (Å²) in [5.41, 5.74) is -0.517. The average molecular weight is 230 g/mol. The number of allylic oxidation sites excluding steroid dienone is 2. The third kappa shape index (κ3) is 1.48. The highest BCUT2D eigenvalue weighted by atomic mass is 16.3. The van der Waals surface area contributed by atoms with Crippen LogP contribution in [0.5, 0.6) is 0 Å². The van der Waals surface area contributed by atoms with Crippen LogP contribution in [0.3, 0.4) is 0 Å². The Labute approximate surface area is 104 Å². The lowest BCUT2D eigenvalue weighted by Crippen LogP contribution is -2.54. The van der Waals surface area contributed by atoms with Crippen molar-refractivity contribution in [3.8, 4) is 0 Å². The summed E-state index contributed by atoms with van der Waals surface area (Å²) < 4.78 is 0. The summed E-state index contributed by atoms with van der Waals surface area (Å²) in [6.45, 7) is 0. The molecule has 0 heterocycles. The molecule has 1 unspecified atom stereocenters. The number of hydrogen-bond donors (Lipinski definition) is 1. The predicted molar refractivity (Wildman–Crippen MR) is 68.4 cm³/mol. The molecule has 5 aliphatic carbocycles. The van der Waals surface area contributed by atoms with Crippen LogP contribution in [0.4, 0.5) is 0 Å². The monoisotopic (exact) mass is 230 g/mol. The molecule has 1 atom stereocenters. The highest BCUT2D eigenvalue weighted by molar-refractivity contribution is 5.22. The molecular weight excluding hydrogens is 208 g/mol. The minimum atomic E-state index is -0.517. The Bertz CT molecular complexity index is 353. The van der Waals surface area contributed by atoms with E-state index in [9.17, 15) is 5.11 Å². The van der Waals surface area contributed by atoms with E-state index >= 15 is 0 Å². The number of aliphatic hydroxyl groups is 1. The summed E-state index contributed by atoms with van der Waals surface area (Å²) in [4.78, 5) is 0. The first-order valence-corrected chi connectivity index (χ1v) is 7.31. The van der Waals surface area contributed by atoms with Crippen LogP contribution in [0.2, 0.25) is 0 Å². The highest BCUT2D eigenvalue weighted by Gasteiger charge is 2.54. The lowest BCUT2D eigenvalue weighted by Gasteiger charge is -2.58. The maximum atomic E-state index is 11.0. The third-order valence-electron chi connectivity index (χ3n) is 5.88. The topological polar surface area (TPSA) is 20.2 Å². The molecule has 0 aromatic carbocycles. The van der Waals surface area contributed by atoms with E-state index in [1.807, 2.05) is 0 Å². The zero-order valence-electron chi connectivity index (χ0n) is 10.4. The van der Waals surface area contributed by atoms with E-state index in [0.717, 1.165) is 30.1 Å². The minimum absolute atomic E-state index is 0.517. The van der Waals surface area contributed by atoms with Gasteiger partial charge < -0.3 is 5.11 Å². The molecular formula is C16H22O. The van der Waals surface area contributed by atoms with Crippen molar-refractivity contribution in [1.29, 1.82) is 0 Å². The Morgan fingerprint density at radius 3 is 2.06 bits per heavy atom. The van der Waals surface area contributed by atoms with E-state index in [1.54, 1.807) is 0 Å². The Morgan fingerprint density at radius 1 is 0.882 bits per heavy atom. The van der Waals surface area contributed by atoms with E-state index in [2.05, 4.69) is 24.3 Å². The summed E-state index contributed by atoms with van der Waals surface area (Å²) in [6, 6.07) is 0. The van der Waals surface area contributed by atoms with Crippen molar-refractivity contribution in [3.05, 3.63) is 24.3 Å². The van der Waals surface area contributed by atoms with Crippen molar-refractivity contribution in [2.45, 2.75) is 44.1 Å². The SMILES string of the molecule is OC1(C2C3CC4CC(C3)CC2C4)C=CC=CC1. The van der Waals surface area contributed by atoms with Crippen LogP contribution in [-0.4, -0.2) is 10.7 Å². The quantitative estimate of drug-likeness (QED) is 0.732. The second-order valence-electron chi connectivity index (χ2n) is 6.94. The molecule has 1 nitrogen and oxygen atoms in total. The summed E-state index contributed by atoms with van der Waals surface area (Å²) in [6.07, 6.45) is 16.3. The Morgan fingerprint density at radius 2 is 1.53 bits per heavy atom. The molecule has 1 heteroatoms. The second kappa shape index (κ2) is 3.47. The average Bonchev–Trinajstić information content (AvgIpc) is 2.27. The molecule has 0 aromatic rings. The summed E-state index contributed by atoms with van der Waals surface area (Å²) in [5, 5.41) is 11.0. The molecule has 4 fully saturated rings. The van der Waals surface area contributed by atoms with Crippen LogP contribution in [0.25, 0.3) is 0 Å². The maximum Gasteiger partial charge on any atom is 0.0898 e.